The molecule has 1 amide bonds. The van der Waals surface area contributed by atoms with Crippen molar-refractivity contribution in [3.63, 3.8) is 0 Å². The Bertz CT molecular complexity index is 635. The zero-order valence-electron chi connectivity index (χ0n) is 14.3. The van der Waals surface area contributed by atoms with Crippen LogP contribution in [0, 0.1) is 0 Å². The molecule has 2 aromatic heterocycles. The maximum absolute atomic E-state index is 12.4. The lowest BCUT2D eigenvalue weighted by Crippen LogP contribution is -2.35. The normalized spacial score (nSPS) is 16.3. The summed E-state index contributed by atoms with van der Waals surface area (Å²) in [7, 11) is 1.94. The van der Waals surface area contributed by atoms with Crippen molar-refractivity contribution in [2.45, 2.75) is 32.4 Å². The van der Waals surface area contributed by atoms with Crippen molar-refractivity contribution in [1.29, 1.82) is 0 Å². The van der Waals surface area contributed by atoms with Gasteiger partial charge in [0, 0.05) is 76.9 Å². The molecule has 24 heavy (non-hydrogen) atoms. The third-order valence-corrected chi connectivity index (χ3v) is 4.44. The van der Waals surface area contributed by atoms with Crippen LogP contribution >= 0.6 is 0 Å². The van der Waals surface area contributed by atoms with Gasteiger partial charge in [-0.25, -0.2) is 0 Å². The van der Waals surface area contributed by atoms with Crippen LogP contribution in [0.1, 0.15) is 24.8 Å². The monoisotopic (exact) mass is 330 g/mol. The Morgan fingerprint density at radius 1 is 1.21 bits per heavy atom. The Morgan fingerprint density at radius 2 is 2.12 bits per heavy atom. The van der Waals surface area contributed by atoms with Gasteiger partial charge < -0.3 is 4.90 Å². The minimum atomic E-state index is 0.269. The van der Waals surface area contributed by atoms with Crippen LogP contribution in [0.2, 0.25) is 0 Å². The molecule has 0 unspecified atom stereocenters. The zero-order chi connectivity index (χ0) is 16.8. The topological polar surface area (TPSA) is 59.2 Å². The largest absolute Gasteiger partial charge is 0.341 e. The van der Waals surface area contributed by atoms with E-state index in [4.69, 9.17) is 0 Å². The highest BCUT2D eigenvalue weighted by molar-refractivity contribution is 5.76. The van der Waals surface area contributed by atoms with Crippen molar-refractivity contribution in [2.24, 2.45) is 7.05 Å². The van der Waals surface area contributed by atoms with Gasteiger partial charge in [0.2, 0.25) is 5.91 Å². The maximum atomic E-state index is 12.4. The summed E-state index contributed by atoms with van der Waals surface area (Å²) in [5.74, 6) is 0.269. The lowest BCUT2D eigenvalue weighted by Gasteiger charge is -2.21. The second kappa shape index (κ2) is 8.10. The van der Waals surface area contributed by atoms with E-state index < -0.39 is 0 Å². The van der Waals surface area contributed by atoms with E-state index in [-0.39, 0.29) is 5.91 Å². The van der Waals surface area contributed by atoms with Gasteiger partial charge in [0.15, 0.2) is 0 Å². The Balaban J connectivity index is 1.41. The predicted molar refractivity (Wildman–Crippen MR) is 91.1 cm³/mol. The van der Waals surface area contributed by atoms with E-state index >= 15 is 0 Å². The summed E-state index contributed by atoms with van der Waals surface area (Å²) in [4.78, 5) is 16.8. The van der Waals surface area contributed by atoms with E-state index in [1.54, 1.807) is 6.20 Å². The third kappa shape index (κ3) is 4.67. The highest BCUT2D eigenvalue weighted by Gasteiger charge is 2.19. The summed E-state index contributed by atoms with van der Waals surface area (Å²) < 4.78 is 3.72. The van der Waals surface area contributed by atoms with Gasteiger partial charge in [0.1, 0.15) is 0 Å². The fraction of sp³-hybridized carbons (Fsp3) is 0.588. The molecule has 3 rings (SSSR count). The molecule has 0 spiro atoms. The standard InChI is InChI=1S/C17H26N6O/c1-20-14-16(13-19-20)15-21-7-4-8-22(12-11-21)17(24)5-2-9-23-10-3-6-18-23/h3,6,10,13-14H,2,4-5,7-9,11-12,15H2,1H3. The van der Waals surface area contributed by atoms with Gasteiger partial charge >= 0.3 is 0 Å². The van der Waals surface area contributed by atoms with Gasteiger partial charge in [-0.1, -0.05) is 0 Å². The average molecular weight is 330 g/mol. The lowest BCUT2D eigenvalue weighted by molar-refractivity contribution is -0.131. The molecule has 0 N–H and O–H groups in total. The molecule has 0 atom stereocenters. The number of hydrogen-bond acceptors (Lipinski definition) is 4. The molecular formula is C17H26N6O. The predicted octanol–water partition coefficient (Wildman–Crippen LogP) is 1.13. The van der Waals surface area contributed by atoms with Crippen LogP contribution in [0.3, 0.4) is 0 Å². The van der Waals surface area contributed by atoms with Crippen molar-refractivity contribution >= 4 is 5.91 Å². The molecule has 1 aliphatic rings. The first-order chi connectivity index (χ1) is 11.7. The van der Waals surface area contributed by atoms with Gasteiger partial charge in [-0.2, -0.15) is 10.2 Å². The Labute approximate surface area is 142 Å². The van der Waals surface area contributed by atoms with Gasteiger partial charge in [-0.3, -0.25) is 19.1 Å². The SMILES string of the molecule is Cn1cc(CN2CCCN(C(=O)CCCn3cccn3)CC2)cn1. The molecule has 0 aliphatic carbocycles. The van der Waals surface area contributed by atoms with Crippen LogP contribution in [0.25, 0.3) is 0 Å². The summed E-state index contributed by atoms with van der Waals surface area (Å²) in [6.07, 6.45) is 10.2. The van der Waals surface area contributed by atoms with E-state index in [1.165, 1.54) is 5.56 Å². The maximum Gasteiger partial charge on any atom is 0.222 e. The summed E-state index contributed by atoms with van der Waals surface area (Å²) in [5, 5.41) is 8.39. The van der Waals surface area contributed by atoms with E-state index in [0.717, 1.165) is 52.1 Å². The number of rotatable bonds is 6. The van der Waals surface area contributed by atoms with E-state index in [2.05, 4.69) is 21.3 Å². The first-order valence-electron chi connectivity index (χ1n) is 8.66. The summed E-state index contributed by atoms with van der Waals surface area (Å²) >= 11 is 0. The van der Waals surface area contributed by atoms with E-state index in [9.17, 15) is 4.79 Å². The molecule has 1 fully saturated rings. The second-order valence-electron chi connectivity index (χ2n) is 6.41. The number of carbonyl (C=O) groups is 1. The van der Waals surface area contributed by atoms with Crippen molar-refractivity contribution in [1.82, 2.24) is 29.4 Å². The molecule has 1 aliphatic heterocycles. The molecule has 0 radical (unpaired) electrons. The van der Waals surface area contributed by atoms with Crippen LogP contribution in [0.5, 0.6) is 0 Å². The zero-order valence-corrected chi connectivity index (χ0v) is 14.3. The number of hydrogen-bond donors (Lipinski definition) is 0. The van der Waals surface area contributed by atoms with Crippen molar-refractivity contribution in [3.8, 4) is 0 Å². The van der Waals surface area contributed by atoms with Gasteiger partial charge in [-0.15, -0.1) is 0 Å². The molecular weight excluding hydrogens is 304 g/mol. The highest BCUT2D eigenvalue weighted by Crippen LogP contribution is 2.10. The fourth-order valence-electron chi connectivity index (χ4n) is 3.17. The van der Waals surface area contributed by atoms with Gasteiger partial charge in [0.05, 0.1) is 6.20 Å². The van der Waals surface area contributed by atoms with Crippen LogP contribution in [-0.4, -0.2) is 61.4 Å². The summed E-state index contributed by atoms with van der Waals surface area (Å²) in [5.41, 5.74) is 1.23. The fourth-order valence-corrected chi connectivity index (χ4v) is 3.17. The summed E-state index contributed by atoms with van der Waals surface area (Å²) in [6.45, 7) is 5.37. The van der Waals surface area contributed by atoms with Crippen LogP contribution < -0.4 is 0 Å². The molecule has 1 saturated heterocycles. The van der Waals surface area contributed by atoms with Crippen LogP contribution in [-0.2, 0) is 24.9 Å². The first kappa shape index (κ1) is 16.7. The van der Waals surface area contributed by atoms with Crippen molar-refractivity contribution in [2.75, 3.05) is 26.2 Å². The molecule has 7 heteroatoms. The smallest absolute Gasteiger partial charge is 0.222 e. The molecule has 0 bridgehead atoms. The average Bonchev–Trinajstić information content (AvgIpc) is 3.15. The van der Waals surface area contributed by atoms with Crippen LogP contribution in [0.4, 0.5) is 0 Å². The number of aryl methyl sites for hydroxylation is 2. The third-order valence-electron chi connectivity index (χ3n) is 4.44. The number of amides is 1. The highest BCUT2D eigenvalue weighted by atomic mass is 16.2. The number of nitrogens with zero attached hydrogens (tertiary/aromatic N) is 6. The Kier molecular flexibility index (Phi) is 5.63. The molecule has 130 valence electrons. The lowest BCUT2D eigenvalue weighted by atomic mass is 10.2. The van der Waals surface area contributed by atoms with E-state index in [0.29, 0.717) is 6.42 Å². The van der Waals surface area contributed by atoms with Crippen molar-refractivity contribution < 1.29 is 4.79 Å². The van der Waals surface area contributed by atoms with Gasteiger partial charge in [0.25, 0.3) is 0 Å². The molecule has 3 heterocycles. The minimum Gasteiger partial charge on any atom is -0.341 e. The minimum absolute atomic E-state index is 0.269. The summed E-state index contributed by atoms with van der Waals surface area (Å²) in [6, 6.07) is 1.91. The molecule has 0 aromatic carbocycles. The molecule has 0 saturated carbocycles. The second-order valence-corrected chi connectivity index (χ2v) is 6.41. The number of carbonyl (C=O) groups excluding carboxylic acids is 1. The van der Waals surface area contributed by atoms with E-state index in [1.807, 2.05) is 39.8 Å². The Hall–Kier alpha value is -2.15. The van der Waals surface area contributed by atoms with Gasteiger partial charge in [-0.05, 0) is 18.9 Å². The molecule has 2 aromatic rings. The van der Waals surface area contributed by atoms with Crippen molar-refractivity contribution in [3.05, 3.63) is 36.4 Å². The van der Waals surface area contributed by atoms with Crippen LogP contribution in [0.15, 0.2) is 30.9 Å². The quantitative estimate of drug-likeness (QED) is 0.797. The Morgan fingerprint density at radius 3 is 2.88 bits per heavy atom. The molecule has 7 nitrogen and oxygen atoms in total. The number of aromatic nitrogens is 4. The first-order valence-corrected chi connectivity index (χ1v) is 8.66.